The highest BCUT2D eigenvalue weighted by molar-refractivity contribution is 5.30. The van der Waals surface area contributed by atoms with Crippen LogP contribution in [0.4, 0.5) is 0 Å². The SMILES string of the molecule is COc1cccc(C(N)Cn2cc(C)cnc2=O)c1. The molecule has 1 unspecified atom stereocenters. The van der Waals surface area contributed by atoms with Crippen LogP contribution in [0.25, 0.3) is 0 Å². The minimum atomic E-state index is -0.288. The van der Waals surface area contributed by atoms with E-state index in [0.717, 1.165) is 16.9 Å². The molecule has 1 atom stereocenters. The Bertz CT molecular complexity index is 622. The summed E-state index contributed by atoms with van der Waals surface area (Å²) in [5, 5.41) is 0. The fourth-order valence-electron chi connectivity index (χ4n) is 1.89. The first-order chi connectivity index (χ1) is 9.10. The molecule has 0 saturated carbocycles. The molecule has 2 N–H and O–H groups in total. The summed E-state index contributed by atoms with van der Waals surface area (Å²) in [6.45, 7) is 2.28. The Labute approximate surface area is 111 Å². The zero-order chi connectivity index (χ0) is 13.8. The van der Waals surface area contributed by atoms with Crippen molar-refractivity contribution in [1.82, 2.24) is 9.55 Å². The first-order valence-electron chi connectivity index (χ1n) is 6.03. The monoisotopic (exact) mass is 259 g/mol. The molecule has 1 heterocycles. The summed E-state index contributed by atoms with van der Waals surface area (Å²) in [7, 11) is 1.61. The van der Waals surface area contributed by atoms with Crippen molar-refractivity contribution in [3.63, 3.8) is 0 Å². The molecule has 0 amide bonds. The molecule has 1 aromatic heterocycles. The number of benzene rings is 1. The van der Waals surface area contributed by atoms with E-state index in [1.165, 1.54) is 4.57 Å². The Morgan fingerprint density at radius 3 is 3.00 bits per heavy atom. The molecular formula is C14H17N3O2. The van der Waals surface area contributed by atoms with Gasteiger partial charge in [0.05, 0.1) is 7.11 Å². The van der Waals surface area contributed by atoms with Crippen LogP contribution >= 0.6 is 0 Å². The van der Waals surface area contributed by atoms with E-state index in [1.807, 2.05) is 31.2 Å². The first kappa shape index (κ1) is 13.3. The second-order valence-corrected chi connectivity index (χ2v) is 4.45. The van der Waals surface area contributed by atoms with Gasteiger partial charge in [0.1, 0.15) is 5.75 Å². The van der Waals surface area contributed by atoms with Crippen molar-refractivity contribution in [1.29, 1.82) is 0 Å². The van der Waals surface area contributed by atoms with Gasteiger partial charge in [-0.05, 0) is 30.2 Å². The normalized spacial score (nSPS) is 12.2. The van der Waals surface area contributed by atoms with Gasteiger partial charge in [-0.1, -0.05) is 12.1 Å². The largest absolute Gasteiger partial charge is 0.497 e. The standard InChI is InChI=1S/C14H17N3O2/c1-10-7-16-14(18)17(8-10)9-13(15)11-4-3-5-12(6-11)19-2/h3-8,13H,9,15H2,1-2H3. The highest BCUT2D eigenvalue weighted by atomic mass is 16.5. The van der Waals surface area contributed by atoms with Crippen LogP contribution < -0.4 is 16.2 Å². The van der Waals surface area contributed by atoms with Gasteiger partial charge in [-0.3, -0.25) is 4.57 Å². The third-order valence-electron chi connectivity index (χ3n) is 2.90. The Balaban J connectivity index is 2.22. The highest BCUT2D eigenvalue weighted by Crippen LogP contribution is 2.18. The molecular weight excluding hydrogens is 242 g/mol. The summed E-state index contributed by atoms with van der Waals surface area (Å²) < 4.78 is 6.69. The smallest absolute Gasteiger partial charge is 0.347 e. The molecule has 1 aromatic carbocycles. The van der Waals surface area contributed by atoms with Gasteiger partial charge in [0.2, 0.25) is 0 Å². The molecule has 0 aliphatic rings. The topological polar surface area (TPSA) is 70.1 Å². The minimum Gasteiger partial charge on any atom is -0.497 e. The maximum atomic E-state index is 11.6. The van der Waals surface area contributed by atoms with E-state index in [-0.39, 0.29) is 11.7 Å². The number of hydrogen-bond donors (Lipinski definition) is 1. The molecule has 0 spiro atoms. The van der Waals surface area contributed by atoms with Gasteiger partial charge in [-0.2, -0.15) is 0 Å². The molecule has 0 radical (unpaired) electrons. The molecule has 0 bridgehead atoms. The predicted molar refractivity (Wildman–Crippen MR) is 73.2 cm³/mol. The molecule has 2 aromatic rings. The summed E-state index contributed by atoms with van der Waals surface area (Å²) in [5.74, 6) is 0.752. The van der Waals surface area contributed by atoms with Crippen molar-refractivity contribution in [2.75, 3.05) is 7.11 Å². The van der Waals surface area contributed by atoms with E-state index in [1.54, 1.807) is 19.5 Å². The lowest BCUT2D eigenvalue weighted by molar-refractivity contribution is 0.413. The lowest BCUT2D eigenvalue weighted by Gasteiger charge is -2.14. The number of hydrogen-bond acceptors (Lipinski definition) is 4. The van der Waals surface area contributed by atoms with E-state index in [9.17, 15) is 4.79 Å². The summed E-state index contributed by atoms with van der Waals surface area (Å²) in [4.78, 5) is 15.4. The Hall–Kier alpha value is -2.14. The highest BCUT2D eigenvalue weighted by Gasteiger charge is 2.09. The van der Waals surface area contributed by atoms with Crippen molar-refractivity contribution in [2.24, 2.45) is 5.73 Å². The van der Waals surface area contributed by atoms with Crippen molar-refractivity contribution >= 4 is 0 Å². The number of methoxy groups -OCH3 is 1. The van der Waals surface area contributed by atoms with Crippen LogP contribution in [0, 0.1) is 6.92 Å². The summed E-state index contributed by atoms with van der Waals surface area (Å²) >= 11 is 0. The average molecular weight is 259 g/mol. The third kappa shape index (κ3) is 3.20. The maximum absolute atomic E-state index is 11.6. The molecule has 19 heavy (non-hydrogen) atoms. The number of aromatic nitrogens is 2. The van der Waals surface area contributed by atoms with Crippen LogP contribution in [0.3, 0.4) is 0 Å². The van der Waals surface area contributed by atoms with Gasteiger partial charge >= 0.3 is 5.69 Å². The number of aryl methyl sites for hydroxylation is 1. The molecule has 0 saturated heterocycles. The van der Waals surface area contributed by atoms with Crippen LogP contribution in [0.1, 0.15) is 17.2 Å². The van der Waals surface area contributed by atoms with Gasteiger partial charge in [-0.15, -0.1) is 0 Å². The molecule has 5 nitrogen and oxygen atoms in total. The van der Waals surface area contributed by atoms with Gasteiger partial charge in [0.15, 0.2) is 0 Å². The molecule has 2 rings (SSSR count). The second kappa shape index (κ2) is 5.67. The maximum Gasteiger partial charge on any atom is 0.347 e. The lowest BCUT2D eigenvalue weighted by Crippen LogP contribution is -2.28. The summed E-state index contributed by atoms with van der Waals surface area (Å²) in [6, 6.07) is 7.25. The quantitative estimate of drug-likeness (QED) is 0.897. The van der Waals surface area contributed by atoms with Crippen molar-refractivity contribution in [3.8, 4) is 5.75 Å². The fraction of sp³-hybridized carbons (Fsp3) is 0.286. The van der Waals surface area contributed by atoms with E-state index in [2.05, 4.69) is 4.98 Å². The van der Waals surface area contributed by atoms with Gasteiger partial charge < -0.3 is 10.5 Å². The molecule has 0 aliphatic carbocycles. The average Bonchev–Trinajstić information content (AvgIpc) is 2.43. The van der Waals surface area contributed by atoms with E-state index >= 15 is 0 Å². The van der Waals surface area contributed by atoms with Crippen LogP contribution in [0.15, 0.2) is 41.5 Å². The molecule has 100 valence electrons. The van der Waals surface area contributed by atoms with Crippen LogP contribution in [-0.2, 0) is 6.54 Å². The number of ether oxygens (including phenoxy) is 1. The molecule has 0 fully saturated rings. The first-order valence-corrected chi connectivity index (χ1v) is 6.03. The minimum absolute atomic E-state index is 0.281. The van der Waals surface area contributed by atoms with Crippen LogP contribution in [0.2, 0.25) is 0 Å². The van der Waals surface area contributed by atoms with E-state index in [4.69, 9.17) is 10.5 Å². The number of nitrogens with zero attached hydrogens (tertiary/aromatic N) is 2. The van der Waals surface area contributed by atoms with E-state index < -0.39 is 0 Å². The van der Waals surface area contributed by atoms with Crippen molar-refractivity contribution in [3.05, 3.63) is 58.3 Å². The Kier molecular flexibility index (Phi) is 3.97. The Morgan fingerprint density at radius 2 is 2.26 bits per heavy atom. The third-order valence-corrected chi connectivity index (χ3v) is 2.90. The number of nitrogens with two attached hydrogens (primary N) is 1. The lowest BCUT2D eigenvalue weighted by atomic mass is 10.1. The fourth-order valence-corrected chi connectivity index (χ4v) is 1.89. The zero-order valence-electron chi connectivity index (χ0n) is 11.0. The molecule has 0 aliphatic heterocycles. The van der Waals surface area contributed by atoms with Gasteiger partial charge in [0.25, 0.3) is 0 Å². The molecule has 5 heteroatoms. The predicted octanol–water partition coefficient (Wildman–Crippen LogP) is 1.26. The summed E-state index contributed by atoms with van der Waals surface area (Å²) in [6.07, 6.45) is 3.31. The van der Waals surface area contributed by atoms with Crippen molar-refractivity contribution < 1.29 is 4.74 Å². The van der Waals surface area contributed by atoms with Gasteiger partial charge in [-0.25, -0.2) is 9.78 Å². The number of rotatable bonds is 4. The second-order valence-electron chi connectivity index (χ2n) is 4.45. The van der Waals surface area contributed by atoms with Crippen molar-refractivity contribution in [2.45, 2.75) is 19.5 Å². The van der Waals surface area contributed by atoms with Crippen LogP contribution in [0.5, 0.6) is 5.75 Å². The summed E-state index contributed by atoms with van der Waals surface area (Å²) in [5.41, 5.74) is 7.69. The van der Waals surface area contributed by atoms with Gasteiger partial charge in [0, 0.05) is 25.0 Å². The van der Waals surface area contributed by atoms with E-state index in [0.29, 0.717) is 6.54 Å². The van der Waals surface area contributed by atoms with Crippen LogP contribution in [-0.4, -0.2) is 16.7 Å². The zero-order valence-corrected chi connectivity index (χ0v) is 11.0. The Morgan fingerprint density at radius 1 is 1.47 bits per heavy atom.